The Morgan fingerprint density at radius 2 is 2.04 bits per heavy atom. The zero-order chi connectivity index (χ0) is 17.2. The summed E-state index contributed by atoms with van der Waals surface area (Å²) in [7, 11) is 0. The van der Waals surface area contributed by atoms with Crippen LogP contribution in [0.15, 0.2) is 48.9 Å². The summed E-state index contributed by atoms with van der Waals surface area (Å²) in [6.45, 7) is 0.582. The number of pyridine rings is 2. The molecule has 7 heteroatoms. The van der Waals surface area contributed by atoms with Gasteiger partial charge in [-0.05, 0) is 36.1 Å². The van der Waals surface area contributed by atoms with Crippen molar-refractivity contribution in [2.75, 3.05) is 11.4 Å². The van der Waals surface area contributed by atoms with Crippen molar-refractivity contribution < 1.29 is 9.18 Å². The number of amides is 1. The smallest absolute Gasteiger partial charge is 0.228 e. The molecule has 1 atom stereocenters. The molecular formula is C18H16FN5O. The highest BCUT2D eigenvalue weighted by molar-refractivity contribution is 5.94. The molecule has 0 aromatic carbocycles. The minimum Gasteiger partial charge on any atom is -0.297 e. The van der Waals surface area contributed by atoms with Crippen LogP contribution < -0.4 is 4.90 Å². The summed E-state index contributed by atoms with van der Waals surface area (Å²) in [5, 5.41) is 7.22. The SMILES string of the molecule is O=C1CC(c2ccc(F)nc2)CCN1c1cc(-c2ccncc2)n[nH]1. The van der Waals surface area contributed by atoms with Crippen LogP contribution in [0, 0.1) is 5.95 Å². The first kappa shape index (κ1) is 15.4. The van der Waals surface area contributed by atoms with Gasteiger partial charge in [-0.3, -0.25) is 19.8 Å². The van der Waals surface area contributed by atoms with Crippen molar-refractivity contribution in [2.45, 2.75) is 18.8 Å². The zero-order valence-electron chi connectivity index (χ0n) is 13.4. The average molecular weight is 337 g/mol. The lowest BCUT2D eigenvalue weighted by atomic mass is 9.90. The highest BCUT2D eigenvalue weighted by Crippen LogP contribution is 2.31. The van der Waals surface area contributed by atoms with E-state index in [1.165, 1.54) is 12.3 Å². The molecule has 126 valence electrons. The summed E-state index contributed by atoms with van der Waals surface area (Å²) in [6, 6.07) is 8.65. The van der Waals surface area contributed by atoms with E-state index in [4.69, 9.17) is 0 Å². The third-order valence-electron chi connectivity index (χ3n) is 4.48. The van der Waals surface area contributed by atoms with Gasteiger partial charge < -0.3 is 0 Å². The fraction of sp³-hybridized carbons (Fsp3) is 0.222. The molecule has 3 aromatic heterocycles. The Hall–Kier alpha value is -3.09. The van der Waals surface area contributed by atoms with E-state index in [0.717, 1.165) is 23.2 Å². The predicted octanol–water partition coefficient (Wildman–Crippen LogP) is 2.92. The molecule has 4 heterocycles. The van der Waals surface area contributed by atoms with Crippen LogP contribution in [0.2, 0.25) is 0 Å². The second-order valence-electron chi connectivity index (χ2n) is 6.02. The van der Waals surface area contributed by atoms with Crippen molar-refractivity contribution in [1.29, 1.82) is 0 Å². The highest BCUT2D eigenvalue weighted by atomic mass is 19.1. The van der Waals surface area contributed by atoms with E-state index in [1.807, 2.05) is 18.2 Å². The molecular weight excluding hydrogens is 321 g/mol. The third-order valence-corrected chi connectivity index (χ3v) is 4.48. The fourth-order valence-corrected chi connectivity index (χ4v) is 3.12. The Bertz CT molecular complexity index is 878. The molecule has 0 spiro atoms. The summed E-state index contributed by atoms with van der Waals surface area (Å²) in [6.07, 6.45) is 6.09. The van der Waals surface area contributed by atoms with E-state index < -0.39 is 5.95 Å². The number of H-pyrrole nitrogens is 1. The molecule has 1 aliphatic rings. The van der Waals surface area contributed by atoms with Crippen LogP contribution in [-0.4, -0.2) is 32.6 Å². The van der Waals surface area contributed by atoms with Crippen molar-refractivity contribution in [3.8, 4) is 11.3 Å². The largest absolute Gasteiger partial charge is 0.297 e. The number of halogens is 1. The van der Waals surface area contributed by atoms with Crippen molar-refractivity contribution in [2.24, 2.45) is 0 Å². The van der Waals surface area contributed by atoms with Gasteiger partial charge in [0, 0.05) is 43.2 Å². The van der Waals surface area contributed by atoms with Gasteiger partial charge in [-0.1, -0.05) is 6.07 Å². The molecule has 4 rings (SSSR count). The van der Waals surface area contributed by atoms with E-state index in [2.05, 4.69) is 20.2 Å². The van der Waals surface area contributed by atoms with Crippen LogP contribution in [-0.2, 0) is 4.79 Å². The molecule has 3 aromatic rings. The van der Waals surface area contributed by atoms with E-state index in [-0.39, 0.29) is 11.8 Å². The van der Waals surface area contributed by atoms with E-state index in [0.29, 0.717) is 18.8 Å². The summed E-state index contributed by atoms with van der Waals surface area (Å²) < 4.78 is 13.0. The van der Waals surface area contributed by atoms with Crippen molar-refractivity contribution in [3.05, 3.63) is 60.4 Å². The van der Waals surface area contributed by atoms with Crippen LogP contribution in [0.25, 0.3) is 11.3 Å². The molecule has 1 aliphatic heterocycles. The number of piperidine rings is 1. The molecule has 0 bridgehead atoms. The quantitative estimate of drug-likeness (QED) is 0.746. The van der Waals surface area contributed by atoms with Crippen LogP contribution in [0.3, 0.4) is 0 Å². The molecule has 1 N–H and O–H groups in total. The summed E-state index contributed by atoms with van der Waals surface area (Å²) >= 11 is 0. The number of carbonyl (C=O) groups is 1. The first-order valence-electron chi connectivity index (χ1n) is 8.08. The van der Waals surface area contributed by atoms with Crippen LogP contribution in [0.5, 0.6) is 0 Å². The minimum absolute atomic E-state index is 0.0190. The van der Waals surface area contributed by atoms with E-state index in [1.54, 1.807) is 23.4 Å². The summed E-state index contributed by atoms with van der Waals surface area (Å²) in [4.78, 5) is 21.9. The molecule has 1 unspecified atom stereocenters. The van der Waals surface area contributed by atoms with Gasteiger partial charge in [0.2, 0.25) is 11.9 Å². The van der Waals surface area contributed by atoms with Gasteiger partial charge >= 0.3 is 0 Å². The maximum Gasteiger partial charge on any atom is 0.228 e. The summed E-state index contributed by atoms with van der Waals surface area (Å²) in [5.41, 5.74) is 2.61. The van der Waals surface area contributed by atoms with E-state index in [9.17, 15) is 9.18 Å². The predicted molar refractivity (Wildman–Crippen MR) is 90.3 cm³/mol. The Morgan fingerprint density at radius 3 is 2.76 bits per heavy atom. The molecule has 1 fully saturated rings. The first-order valence-corrected chi connectivity index (χ1v) is 8.08. The van der Waals surface area contributed by atoms with Gasteiger partial charge in [-0.15, -0.1) is 0 Å². The minimum atomic E-state index is -0.506. The molecule has 1 amide bonds. The van der Waals surface area contributed by atoms with E-state index >= 15 is 0 Å². The Morgan fingerprint density at radius 1 is 1.20 bits per heavy atom. The van der Waals surface area contributed by atoms with Gasteiger partial charge in [0.25, 0.3) is 0 Å². The number of hydrogen-bond acceptors (Lipinski definition) is 4. The standard InChI is InChI=1S/C18H16FN5O/c19-16-2-1-14(11-21-16)13-5-8-24(18(25)9-13)17-10-15(22-23-17)12-3-6-20-7-4-12/h1-4,6-7,10-11,13H,5,8-9H2,(H,22,23). The van der Waals surface area contributed by atoms with Crippen LogP contribution in [0.1, 0.15) is 24.3 Å². The maximum absolute atomic E-state index is 13.0. The number of carbonyl (C=O) groups excluding carboxylic acids is 1. The van der Waals surface area contributed by atoms with Gasteiger partial charge in [0.15, 0.2) is 0 Å². The lowest BCUT2D eigenvalue weighted by Gasteiger charge is -2.30. The summed E-state index contributed by atoms with van der Waals surface area (Å²) in [5.74, 6) is 0.269. The number of nitrogens with zero attached hydrogens (tertiary/aromatic N) is 4. The molecule has 0 saturated carbocycles. The number of rotatable bonds is 3. The Kier molecular flexibility index (Phi) is 3.97. The molecule has 0 radical (unpaired) electrons. The lowest BCUT2D eigenvalue weighted by Crippen LogP contribution is -2.38. The second-order valence-corrected chi connectivity index (χ2v) is 6.02. The number of nitrogens with one attached hydrogen (secondary N) is 1. The monoisotopic (exact) mass is 337 g/mol. The molecule has 0 aliphatic carbocycles. The number of aromatic nitrogens is 4. The second kappa shape index (κ2) is 6.43. The van der Waals surface area contributed by atoms with Gasteiger partial charge in [0.1, 0.15) is 5.82 Å². The molecule has 1 saturated heterocycles. The Balaban J connectivity index is 1.49. The van der Waals surface area contributed by atoms with Crippen molar-refractivity contribution >= 4 is 11.7 Å². The first-order chi connectivity index (χ1) is 12.2. The zero-order valence-corrected chi connectivity index (χ0v) is 13.4. The molecule has 6 nitrogen and oxygen atoms in total. The van der Waals surface area contributed by atoms with Gasteiger partial charge in [-0.2, -0.15) is 9.49 Å². The highest BCUT2D eigenvalue weighted by Gasteiger charge is 2.29. The molecule has 25 heavy (non-hydrogen) atoms. The van der Waals surface area contributed by atoms with Crippen molar-refractivity contribution in [1.82, 2.24) is 20.2 Å². The number of hydrogen-bond donors (Lipinski definition) is 1. The third kappa shape index (κ3) is 3.13. The van der Waals surface area contributed by atoms with Crippen LogP contribution >= 0.6 is 0 Å². The van der Waals surface area contributed by atoms with Crippen molar-refractivity contribution in [3.63, 3.8) is 0 Å². The van der Waals surface area contributed by atoms with Gasteiger partial charge in [0.05, 0.1) is 5.69 Å². The fourth-order valence-electron chi connectivity index (χ4n) is 3.12. The van der Waals surface area contributed by atoms with Crippen LogP contribution in [0.4, 0.5) is 10.2 Å². The maximum atomic E-state index is 13.0. The normalized spacial score (nSPS) is 17.7. The number of anilines is 1. The number of aromatic amines is 1. The topological polar surface area (TPSA) is 74.8 Å². The Labute approximate surface area is 143 Å². The van der Waals surface area contributed by atoms with Gasteiger partial charge in [-0.25, -0.2) is 4.98 Å². The lowest BCUT2D eigenvalue weighted by molar-refractivity contribution is -0.120. The average Bonchev–Trinajstić information content (AvgIpc) is 3.13.